The first-order chi connectivity index (χ1) is 21.8. The van der Waals surface area contributed by atoms with Gasteiger partial charge in [0.25, 0.3) is 0 Å². The van der Waals surface area contributed by atoms with Gasteiger partial charge in [-0.2, -0.15) is 0 Å². The quantitative estimate of drug-likeness (QED) is 0.202. The number of aromatic nitrogens is 3. The minimum Gasteiger partial charge on any atom is -0.208 e. The van der Waals surface area contributed by atoms with Crippen LogP contribution in [0.2, 0.25) is 0 Å². The molecule has 1 aromatic heterocycles. The Labute approximate surface area is 254 Å². The topological polar surface area (TPSA) is 38.7 Å². The van der Waals surface area contributed by atoms with E-state index in [9.17, 15) is 0 Å². The fourth-order valence-corrected chi connectivity index (χ4v) is 6.55. The number of nitrogens with zero attached hydrogens (tertiary/aromatic N) is 3. The summed E-state index contributed by atoms with van der Waals surface area (Å²) in [6, 6.07) is 53.4. The lowest BCUT2D eigenvalue weighted by molar-refractivity contribution is 1.08. The molecular weight excluding hydrogens is 534 g/mol. The second-order valence-corrected chi connectivity index (χ2v) is 11.2. The average molecular weight is 560 g/mol. The maximum atomic E-state index is 5.16. The molecule has 0 bridgehead atoms. The van der Waals surface area contributed by atoms with Crippen LogP contribution >= 0.6 is 0 Å². The zero-order valence-corrected chi connectivity index (χ0v) is 23.8. The molecule has 0 fully saturated rings. The summed E-state index contributed by atoms with van der Waals surface area (Å²) in [5, 5.41) is 11.9. The van der Waals surface area contributed by atoms with Crippen LogP contribution in [0.3, 0.4) is 0 Å². The summed E-state index contributed by atoms with van der Waals surface area (Å²) in [6.45, 7) is 0. The van der Waals surface area contributed by atoms with E-state index >= 15 is 0 Å². The minimum atomic E-state index is 0.658. The lowest BCUT2D eigenvalue weighted by atomic mass is 9.98. The Bertz CT molecular complexity index is 2560. The lowest BCUT2D eigenvalue weighted by Gasteiger charge is -2.13. The summed E-state index contributed by atoms with van der Waals surface area (Å²) >= 11 is 0. The zero-order chi connectivity index (χ0) is 29.0. The molecule has 44 heavy (non-hydrogen) atoms. The van der Waals surface area contributed by atoms with Crippen LogP contribution in [0.25, 0.3) is 88.0 Å². The Balaban J connectivity index is 1.31. The molecule has 0 aliphatic rings. The molecule has 9 aromatic rings. The van der Waals surface area contributed by atoms with Crippen molar-refractivity contribution in [2.24, 2.45) is 0 Å². The normalized spacial score (nSPS) is 11.6. The van der Waals surface area contributed by atoms with Crippen molar-refractivity contribution in [3.8, 4) is 34.2 Å². The Morgan fingerprint density at radius 3 is 1.48 bits per heavy atom. The first-order valence-electron chi connectivity index (χ1n) is 14.9. The van der Waals surface area contributed by atoms with Crippen molar-refractivity contribution in [2.75, 3.05) is 0 Å². The van der Waals surface area contributed by atoms with Crippen molar-refractivity contribution in [1.29, 1.82) is 0 Å². The van der Waals surface area contributed by atoms with Crippen molar-refractivity contribution >= 4 is 53.9 Å². The number of hydrogen-bond acceptors (Lipinski definition) is 3. The number of fused-ring (bicyclic) bond motifs is 7. The van der Waals surface area contributed by atoms with Crippen molar-refractivity contribution in [2.45, 2.75) is 0 Å². The molecule has 0 saturated heterocycles. The molecule has 0 amide bonds. The largest absolute Gasteiger partial charge is 0.208 e. The van der Waals surface area contributed by atoms with Crippen LogP contribution in [0.15, 0.2) is 152 Å². The summed E-state index contributed by atoms with van der Waals surface area (Å²) in [5.41, 5.74) is 2.94. The molecule has 3 nitrogen and oxygen atoms in total. The van der Waals surface area contributed by atoms with Crippen LogP contribution in [0.4, 0.5) is 0 Å². The Kier molecular flexibility index (Phi) is 5.50. The molecule has 0 aliphatic carbocycles. The fourth-order valence-electron chi connectivity index (χ4n) is 6.55. The summed E-state index contributed by atoms with van der Waals surface area (Å²) in [5.74, 6) is 1.99. The smallest absolute Gasteiger partial charge is 0.164 e. The van der Waals surface area contributed by atoms with Crippen molar-refractivity contribution in [3.05, 3.63) is 152 Å². The third-order valence-corrected chi connectivity index (χ3v) is 8.70. The summed E-state index contributed by atoms with van der Waals surface area (Å²) < 4.78 is 0. The van der Waals surface area contributed by atoms with Gasteiger partial charge >= 0.3 is 0 Å². The van der Waals surface area contributed by atoms with E-state index < -0.39 is 0 Å². The van der Waals surface area contributed by atoms with Crippen LogP contribution < -0.4 is 0 Å². The van der Waals surface area contributed by atoms with E-state index in [4.69, 9.17) is 15.0 Å². The van der Waals surface area contributed by atoms with Crippen molar-refractivity contribution in [3.63, 3.8) is 0 Å². The van der Waals surface area contributed by atoms with Gasteiger partial charge in [-0.1, -0.05) is 146 Å². The molecule has 0 aliphatic heterocycles. The van der Waals surface area contributed by atoms with E-state index in [0.29, 0.717) is 17.5 Å². The third-order valence-electron chi connectivity index (χ3n) is 8.70. The predicted molar refractivity (Wildman–Crippen MR) is 184 cm³/mol. The fraction of sp³-hybridized carbons (Fsp3) is 0. The first-order valence-corrected chi connectivity index (χ1v) is 14.9. The van der Waals surface area contributed by atoms with E-state index in [0.717, 1.165) is 38.2 Å². The van der Waals surface area contributed by atoms with Gasteiger partial charge in [-0.3, -0.25) is 0 Å². The molecule has 0 atom stereocenters. The number of rotatable bonds is 3. The highest BCUT2D eigenvalue weighted by atomic mass is 15.0. The highest BCUT2D eigenvalue weighted by Crippen LogP contribution is 2.35. The zero-order valence-electron chi connectivity index (χ0n) is 23.8. The van der Waals surface area contributed by atoms with Crippen LogP contribution in [-0.4, -0.2) is 15.0 Å². The Morgan fingerprint density at radius 1 is 0.273 bits per heavy atom. The number of hydrogen-bond donors (Lipinski definition) is 0. The van der Waals surface area contributed by atoms with Crippen LogP contribution in [0, 0.1) is 0 Å². The highest BCUT2D eigenvalue weighted by molar-refractivity contribution is 6.12. The molecule has 0 saturated carbocycles. The Morgan fingerprint density at radius 2 is 0.727 bits per heavy atom. The predicted octanol–water partition coefficient (Wildman–Crippen LogP) is 10.6. The summed E-state index contributed by atoms with van der Waals surface area (Å²) in [7, 11) is 0. The summed E-state index contributed by atoms with van der Waals surface area (Å²) in [4.78, 5) is 15.4. The van der Waals surface area contributed by atoms with E-state index in [1.165, 1.54) is 32.3 Å². The molecule has 1 heterocycles. The molecule has 0 radical (unpaired) electrons. The summed E-state index contributed by atoms with van der Waals surface area (Å²) in [6.07, 6.45) is 0. The van der Waals surface area contributed by atoms with E-state index in [-0.39, 0.29) is 0 Å². The van der Waals surface area contributed by atoms with Gasteiger partial charge < -0.3 is 0 Å². The maximum absolute atomic E-state index is 5.16. The monoisotopic (exact) mass is 559 g/mol. The molecule has 204 valence electrons. The second kappa shape index (κ2) is 9.82. The van der Waals surface area contributed by atoms with Gasteiger partial charge in [0.15, 0.2) is 17.5 Å². The van der Waals surface area contributed by atoms with Gasteiger partial charge in [-0.25, -0.2) is 15.0 Å². The highest BCUT2D eigenvalue weighted by Gasteiger charge is 2.17. The SMILES string of the molecule is c1ccc2c(-c3nc(-c4ccc5c(ccc6ccccc65)c4)nc(-c4cccc5c4ccc4ccccc45)n3)cccc2c1. The number of benzene rings is 8. The maximum Gasteiger partial charge on any atom is 0.164 e. The average Bonchev–Trinajstić information content (AvgIpc) is 3.10. The van der Waals surface area contributed by atoms with Crippen LogP contribution in [0.5, 0.6) is 0 Å². The Hall–Kier alpha value is -5.93. The molecule has 8 aromatic carbocycles. The van der Waals surface area contributed by atoms with E-state index in [2.05, 4.69) is 152 Å². The van der Waals surface area contributed by atoms with E-state index in [1.807, 2.05) is 0 Å². The van der Waals surface area contributed by atoms with Gasteiger partial charge in [0.2, 0.25) is 0 Å². The van der Waals surface area contributed by atoms with Gasteiger partial charge in [0.05, 0.1) is 0 Å². The molecule has 0 N–H and O–H groups in total. The molecule has 0 spiro atoms. The second-order valence-electron chi connectivity index (χ2n) is 11.2. The van der Waals surface area contributed by atoms with Crippen molar-refractivity contribution < 1.29 is 0 Å². The van der Waals surface area contributed by atoms with Gasteiger partial charge in [0.1, 0.15) is 0 Å². The third kappa shape index (κ3) is 3.94. The standard InChI is InChI=1S/C41H25N3/c1-6-15-33-26(9-1)12-7-17-37(33)40-42-39(30-22-23-34-29(25-30)20-19-27-10-2-4-13-31(27)34)43-41(44-40)38-18-8-16-35-32-14-5-3-11-28(32)21-24-36(35)38/h1-25H. The molecule has 0 unspecified atom stereocenters. The van der Waals surface area contributed by atoms with Crippen molar-refractivity contribution in [1.82, 2.24) is 15.0 Å². The minimum absolute atomic E-state index is 0.658. The molecule has 3 heteroatoms. The lowest BCUT2D eigenvalue weighted by Crippen LogP contribution is -2.01. The molecular formula is C41H25N3. The van der Waals surface area contributed by atoms with E-state index in [1.54, 1.807) is 0 Å². The van der Waals surface area contributed by atoms with Gasteiger partial charge in [-0.15, -0.1) is 0 Å². The van der Waals surface area contributed by atoms with Gasteiger partial charge in [-0.05, 0) is 59.9 Å². The van der Waals surface area contributed by atoms with Crippen LogP contribution in [-0.2, 0) is 0 Å². The first kappa shape index (κ1) is 24.6. The molecule has 9 rings (SSSR count). The van der Waals surface area contributed by atoms with Gasteiger partial charge in [0, 0.05) is 16.7 Å². The van der Waals surface area contributed by atoms with Crippen LogP contribution in [0.1, 0.15) is 0 Å².